The van der Waals surface area contributed by atoms with Crippen molar-refractivity contribution in [3.8, 4) is 17.5 Å². The Bertz CT molecular complexity index is 1040. The van der Waals surface area contributed by atoms with Gasteiger partial charge in [-0.2, -0.15) is 10.4 Å². The molecule has 2 aromatic carbocycles. The van der Waals surface area contributed by atoms with Crippen LogP contribution in [0.15, 0.2) is 48.5 Å². The maximum atomic E-state index is 12.9. The molecule has 6 heteroatoms. The number of hydrogen-bond donors (Lipinski definition) is 1. The average molecular weight is 372 g/mol. The van der Waals surface area contributed by atoms with Gasteiger partial charge < -0.3 is 10.1 Å². The van der Waals surface area contributed by atoms with Crippen molar-refractivity contribution in [3.05, 3.63) is 71.0 Å². The smallest absolute Gasteiger partial charge is 0.276 e. The van der Waals surface area contributed by atoms with Crippen molar-refractivity contribution >= 4 is 11.6 Å². The van der Waals surface area contributed by atoms with Crippen LogP contribution in [-0.4, -0.2) is 22.3 Å². The number of aromatic nitrogens is 2. The molecule has 0 aliphatic heterocycles. The number of anilines is 1. The largest absolute Gasteiger partial charge is 0.479 e. The maximum Gasteiger partial charge on any atom is 0.276 e. The molecule has 0 bridgehead atoms. The predicted octanol–water partition coefficient (Wildman–Crippen LogP) is 3.82. The van der Waals surface area contributed by atoms with Gasteiger partial charge in [-0.15, -0.1) is 0 Å². The summed E-state index contributed by atoms with van der Waals surface area (Å²) in [6, 6.07) is 17.0. The van der Waals surface area contributed by atoms with Crippen LogP contribution in [0.5, 0.6) is 5.75 Å². The van der Waals surface area contributed by atoms with E-state index in [4.69, 9.17) is 10.00 Å². The number of nitriles is 1. The molecule has 1 amide bonds. The summed E-state index contributed by atoms with van der Waals surface area (Å²) in [5.74, 6) is 0.374. The van der Waals surface area contributed by atoms with Gasteiger partial charge in [0.15, 0.2) is 12.3 Å². The van der Waals surface area contributed by atoms with E-state index in [2.05, 4.69) is 10.4 Å². The third kappa shape index (κ3) is 3.47. The molecule has 0 saturated carbocycles. The van der Waals surface area contributed by atoms with Gasteiger partial charge in [-0.05, 0) is 62.6 Å². The summed E-state index contributed by atoms with van der Waals surface area (Å²) in [5, 5.41) is 16.1. The zero-order valence-electron chi connectivity index (χ0n) is 15.6. The van der Waals surface area contributed by atoms with Crippen molar-refractivity contribution in [2.75, 3.05) is 11.9 Å². The van der Waals surface area contributed by atoms with Crippen molar-refractivity contribution in [1.82, 2.24) is 9.78 Å². The van der Waals surface area contributed by atoms with E-state index in [1.54, 1.807) is 24.3 Å². The van der Waals surface area contributed by atoms with Crippen LogP contribution in [0.25, 0.3) is 5.69 Å². The van der Waals surface area contributed by atoms with Crippen LogP contribution in [0.4, 0.5) is 5.69 Å². The van der Waals surface area contributed by atoms with Crippen molar-refractivity contribution in [3.63, 3.8) is 0 Å². The van der Waals surface area contributed by atoms with Crippen molar-refractivity contribution < 1.29 is 9.53 Å². The fourth-order valence-electron chi connectivity index (χ4n) is 3.46. The molecule has 0 saturated heterocycles. The van der Waals surface area contributed by atoms with Crippen LogP contribution >= 0.6 is 0 Å². The standard InChI is InChI=1S/C22H20N4O2/c1-15-5-9-17(10-6-15)26-20-4-2-3-19(20)21(25-26)22(27)24-16-7-11-18(12-8-16)28-14-13-23/h5-12H,2-4,14H2,1H3,(H,24,27). The van der Waals surface area contributed by atoms with E-state index in [1.807, 2.05) is 41.9 Å². The first kappa shape index (κ1) is 17.8. The molecule has 0 atom stereocenters. The molecule has 1 heterocycles. The molecule has 140 valence electrons. The molecule has 1 aliphatic carbocycles. The Kier molecular flexibility index (Phi) is 4.81. The van der Waals surface area contributed by atoms with Gasteiger partial charge in [0.1, 0.15) is 11.8 Å². The van der Waals surface area contributed by atoms with E-state index in [1.165, 1.54) is 5.56 Å². The summed E-state index contributed by atoms with van der Waals surface area (Å²) in [7, 11) is 0. The Morgan fingerprint density at radius 1 is 1.18 bits per heavy atom. The third-order valence-corrected chi connectivity index (χ3v) is 4.84. The van der Waals surface area contributed by atoms with E-state index in [0.717, 1.165) is 36.2 Å². The number of hydrogen-bond acceptors (Lipinski definition) is 4. The second kappa shape index (κ2) is 7.57. The number of ether oxygens (including phenoxy) is 1. The monoisotopic (exact) mass is 372 g/mol. The van der Waals surface area contributed by atoms with E-state index in [9.17, 15) is 4.79 Å². The number of aryl methyl sites for hydroxylation is 1. The lowest BCUT2D eigenvalue weighted by molar-refractivity contribution is 0.102. The number of nitrogens with one attached hydrogen (secondary N) is 1. The molecule has 1 aliphatic rings. The van der Waals surface area contributed by atoms with E-state index in [-0.39, 0.29) is 12.5 Å². The average Bonchev–Trinajstić information content (AvgIpc) is 3.31. The molecule has 6 nitrogen and oxygen atoms in total. The summed E-state index contributed by atoms with van der Waals surface area (Å²) < 4.78 is 7.13. The summed E-state index contributed by atoms with van der Waals surface area (Å²) in [6.07, 6.45) is 2.82. The number of nitrogens with zero attached hydrogens (tertiary/aromatic N) is 3. The summed E-state index contributed by atoms with van der Waals surface area (Å²) in [6.45, 7) is 2.04. The molecule has 0 fully saturated rings. The Morgan fingerprint density at radius 3 is 2.64 bits per heavy atom. The van der Waals surface area contributed by atoms with Gasteiger partial charge in [-0.3, -0.25) is 4.79 Å². The molecular weight excluding hydrogens is 352 g/mol. The molecule has 4 rings (SSSR count). The molecule has 0 spiro atoms. The molecule has 1 N–H and O–H groups in total. The molecule has 0 radical (unpaired) electrons. The second-order valence-electron chi connectivity index (χ2n) is 6.80. The minimum Gasteiger partial charge on any atom is -0.479 e. The molecule has 0 unspecified atom stereocenters. The molecular formula is C22H20N4O2. The van der Waals surface area contributed by atoms with Crippen LogP contribution in [0.2, 0.25) is 0 Å². The summed E-state index contributed by atoms with van der Waals surface area (Å²) in [5.41, 5.74) is 5.46. The quantitative estimate of drug-likeness (QED) is 0.738. The fraction of sp³-hybridized carbons (Fsp3) is 0.227. The first-order chi connectivity index (χ1) is 13.7. The third-order valence-electron chi connectivity index (χ3n) is 4.84. The number of carbonyl (C=O) groups is 1. The van der Waals surface area contributed by atoms with Crippen LogP contribution < -0.4 is 10.1 Å². The number of fused-ring (bicyclic) bond motifs is 1. The summed E-state index contributed by atoms with van der Waals surface area (Å²) in [4.78, 5) is 12.9. The minimum absolute atomic E-state index is 0.00567. The van der Waals surface area contributed by atoms with E-state index < -0.39 is 0 Å². The zero-order chi connectivity index (χ0) is 19.5. The lowest BCUT2D eigenvalue weighted by Gasteiger charge is -2.07. The fourth-order valence-corrected chi connectivity index (χ4v) is 3.46. The Balaban J connectivity index is 1.57. The highest BCUT2D eigenvalue weighted by atomic mass is 16.5. The number of amides is 1. The van der Waals surface area contributed by atoms with Gasteiger partial charge in [0.05, 0.1) is 5.69 Å². The van der Waals surface area contributed by atoms with Crippen LogP contribution in [-0.2, 0) is 12.8 Å². The van der Waals surface area contributed by atoms with Gasteiger partial charge in [0, 0.05) is 16.9 Å². The van der Waals surface area contributed by atoms with Crippen LogP contribution in [0.3, 0.4) is 0 Å². The van der Waals surface area contributed by atoms with Gasteiger partial charge in [-0.1, -0.05) is 17.7 Å². The molecule has 3 aromatic rings. The van der Waals surface area contributed by atoms with Crippen LogP contribution in [0.1, 0.15) is 33.7 Å². The first-order valence-electron chi connectivity index (χ1n) is 9.24. The Labute approximate surface area is 163 Å². The van der Waals surface area contributed by atoms with E-state index in [0.29, 0.717) is 17.1 Å². The first-order valence-corrected chi connectivity index (χ1v) is 9.24. The van der Waals surface area contributed by atoms with Crippen molar-refractivity contribution in [2.24, 2.45) is 0 Å². The minimum atomic E-state index is -0.213. The highest BCUT2D eigenvalue weighted by Crippen LogP contribution is 2.28. The lowest BCUT2D eigenvalue weighted by atomic mass is 10.2. The number of carbonyl (C=O) groups excluding carboxylic acids is 1. The number of rotatable bonds is 5. The topological polar surface area (TPSA) is 79.9 Å². The highest BCUT2D eigenvalue weighted by molar-refractivity contribution is 6.04. The Morgan fingerprint density at radius 2 is 1.93 bits per heavy atom. The molecule has 28 heavy (non-hydrogen) atoms. The van der Waals surface area contributed by atoms with Gasteiger partial charge >= 0.3 is 0 Å². The zero-order valence-corrected chi connectivity index (χ0v) is 15.6. The molecule has 1 aromatic heterocycles. The Hall–Kier alpha value is -3.59. The van der Waals surface area contributed by atoms with E-state index >= 15 is 0 Å². The lowest BCUT2D eigenvalue weighted by Crippen LogP contribution is -2.15. The number of benzene rings is 2. The van der Waals surface area contributed by atoms with Gasteiger partial charge in [0.2, 0.25) is 0 Å². The van der Waals surface area contributed by atoms with Crippen molar-refractivity contribution in [1.29, 1.82) is 5.26 Å². The maximum absolute atomic E-state index is 12.9. The predicted molar refractivity (Wildman–Crippen MR) is 106 cm³/mol. The van der Waals surface area contributed by atoms with Crippen molar-refractivity contribution in [2.45, 2.75) is 26.2 Å². The normalized spacial score (nSPS) is 12.3. The van der Waals surface area contributed by atoms with Gasteiger partial charge in [-0.25, -0.2) is 4.68 Å². The summed E-state index contributed by atoms with van der Waals surface area (Å²) >= 11 is 0. The second-order valence-corrected chi connectivity index (χ2v) is 6.80. The highest BCUT2D eigenvalue weighted by Gasteiger charge is 2.27. The van der Waals surface area contributed by atoms with Crippen LogP contribution in [0, 0.1) is 18.3 Å². The SMILES string of the molecule is Cc1ccc(-n2nc(C(=O)Nc3ccc(OCC#N)cc3)c3c2CCC3)cc1. The van der Waals surface area contributed by atoms with Gasteiger partial charge in [0.25, 0.3) is 5.91 Å².